The molecule has 1 saturated heterocycles. The third-order valence-electron chi connectivity index (χ3n) is 3.83. The molecule has 1 aromatic heterocycles. The molecule has 0 bridgehead atoms. The smallest absolute Gasteiger partial charge is 0.401 e. The molecule has 1 aromatic rings. The van der Waals surface area contributed by atoms with Crippen LogP contribution in [0, 0.1) is 13.8 Å². The zero-order valence-electron chi connectivity index (χ0n) is 14.0. The number of furan rings is 1. The predicted octanol–water partition coefficient (Wildman–Crippen LogP) is 2.82. The van der Waals surface area contributed by atoms with Crippen molar-refractivity contribution in [1.29, 1.82) is 0 Å². The summed E-state index contributed by atoms with van der Waals surface area (Å²) in [4.78, 5) is 5.54. The minimum Gasteiger partial charge on any atom is -0.466 e. The zero-order valence-corrected chi connectivity index (χ0v) is 16.4. The number of rotatable bonds is 4. The highest BCUT2D eigenvalue weighted by Crippen LogP contribution is 2.20. The second kappa shape index (κ2) is 8.93. The molecule has 1 fully saturated rings. The van der Waals surface area contributed by atoms with Gasteiger partial charge in [-0.25, -0.2) is 0 Å². The number of halogens is 4. The first-order valence-corrected chi connectivity index (χ1v) is 7.59. The number of nitrogens with zero attached hydrogens (tertiary/aromatic N) is 2. The first-order chi connectivity index (χ1) is 10.8. The number of aryl methyl sites for hydroxylation is 2. The van der Waals surface area contributed by atoms with Crippen LogP contribution in [0.5, 0.6) is 0 Å². The van der Waals surface area contributed by atoms with E-state index in [9.17, 15) is 13.2 Å². The van der Waals surface area contributed by atoms with Gasteiger partial charge in [0.2, 0.25) is 0 Å². The molecule has 0 spiro atoms. The lowest BCUT2D eigenvalue weighted by molar-refractivity contribution is -0.143. The maximum Gasteiger partial charge on any atom is 0.401 e. The van der Waals surface area contributed by atoms with E-state index < -0.39 is 12.7 Å². The van der Waals surface area contributed by atoms with Crippen LogP contribution < -0.4 is 10.6 Å². The van der Waals surface area contributed by atoms with Crippen molar-refractivity contribution in [2.45, 2.75) is 39.0 Å². The van der Waals surface area contributed by atoms with Crippen molar-refractivity contribution >= 4 is 29.9 Å². The van der Waals surface area contributed by atoms with Gasteiger partial charge in [-0.3, -0.25) is 9.89 Å². The quantitative estimate of drug-likeness (QED) is 0.413. The number of likely N-dealkylation sites (tertiary alicyclic amines) is 1. The lowest BCUT2D eigenvalue weighted by Gasteiger charge is -2.19. The largest absolute Gasteiger partial charge is 0.466 e. The van der Waals surface area contributed by atoms with Crippen LogP contribution >= 0.6 is 24.0 Å². The van der Waals surface area contributed by atoms with Crippen LogP contribution in [-0.4, -0.2) is 49.8 Å². The lowest BCUT2D eigenvalue weighted by Crippen LogP contribution is -2.44. The van der Waals surface area contributed by atoms with Gasteiger partial charge in [0.1, 0.15) is 11.5 Å². The topological polar surface area (TPSA) is 52.8 Å². The van der Waals surface area contributed by atoms with E-state index in [1.54, 1.807) is 7.05 Å². The highest BCUT2D eigenvalue weighted by molar-refractivity contribution is 14.0. The summed E-state index contributed by atoms with van der Waals surface area (Å²) in [5.41, 5.74) is 1.04. The highest BCUT2D eigenvalue weighted by atomic mass is 127. The lowest BCUT2D eigenvalue weighted by atomic mass is 10.2. The van der Waals surface area contributed by atoms with E-state index in [0.717, 1.165) is 17.1 Å². The fourth-order valence-electron chi connectivity index (χ4n) is 2.77. The first-order valence-electron chi connectivity index (χ1n) is 7.59. The molecule has 138 valence electrons. The summed E-state index contributed by atoms with van der Waals surface area (Å²) in [6, 6.07) is 1.92. The summed E-state index contributed by atoms with van der Waals surface area (Å²) >= 11 is 0. The van der Waals surface area contributed by atoms with Gasteiger partial charge in [-0.05, 0) is 26.3 Å². The van der Waals surface area contributed by atoms with Crippen molar-refractivity contribution in [3.8, 4) is 0 Å². The van der Waals surface area contributed by atoms with Crippen molar-refractivity contribution in [2.24, 2.45) is 4.99 Å². The Balaban J connectivity index is 0.00000288. The summed E-state index contributed by atoms with van der Waals surface area (Å²) < 4.78 is 42.7. The van der Waals surface area contributed by atoms with E-state index in [1.807, 2.05) is 19.9 Å². The minimum absolute atomic E-state index is 0. The third kappa shape index (κ3) is 6.50. The average molecular weight is 460 g/mol. The number of hydrogen-bond acceptors (Lipinski definition) is 3. The van der Waals surface area contributed by atoms with Gasteiger partial charge in [0.15, 0.2) is 5.96 Å². The minimum atomic E-state index is -4.15. The molecule has 2 rings (SSSR count). The normalized spacial score (nSPS) is 19.2. The van der Waals surface area contributed by atoms with Crippen LogP contribution in [0.15, 0.2) is 15.5 Å². The molecule has 24 heavy (non-hydrogen) atoms. The SMILES string of the molecule is CN=C(NCc1cc(C)oc1C)NC1CCN(CC(F)(F)F)C1.I. The Morgan fingerprint density at radius 2 is 2.12 bits per heavy atom. The second-order valence-electron chi connectivity index (χ2n) is 5.84. The van der Waals surface area contributed by atoms with E-state index in [0.29, 0.717) is 32.0 Å². The molecule has 0 saturated carbocycles. The molecular formula is C15H24F3IN4O. The Hall–Kier alpha value is -0.970. The van der Waals surface area contributed by atoms with E-state index in [1.165, 1.54) is 4.90 Å². The maximum absolute atomic E-state index is 12.4. The fraction of sp³-hybridized carbons (Fsp3) is 0.667. The van der Waals surface area contributed by atoms with E-state index in [2.05, 4.69) is 15.6 Å². The molecule has 5 nitrogen and oxygen atoms in total. The van der Waals surface area contributed by atoms with Gasteiger partial charge in [-0.1, -0.05) is 0 Å². The molecule has 2 N–H and O–H groups in total. The Kier molecular flexibility index (Phi) is 7.84. The standard InChI is InChI=1S/C15H23F3N4O.HI/c1-10-6-12(11(2)23-10)7-20-14(19-3)21-13-4-5-22(8-13)9-15(16,17)18;/h6,13H,4-5,7-9H2,1-3H3,(H2,19,20,21);1H. The Labute approximate surface area is 157 Å². The van der Waals surface area contributed by atoms with Crippen molar-refractivity contribution in [3.05, 3.63) is 23.2 Å². The van der Waals surface area contributed by atoms with Gasteiger partial charge in [0.25, 0.3) is 0 Å². The molecular weight excluding hydrogens is 436 g/mol. The Bertz CT molecular complexity index is 559. The second-order valence-corrected chi connectivity index (χ2v) is 5.84. The van der Waals surface area contributed by atoms with Crippen molar-refractivity contribution < 1.29 is 17.6 Å². The molecule has 0 aliphatic carbocycles. The molecule has 1 unspecified atom stereocenters. The van der Waals surface area contributed by atoms with Crippen molar-refractivity contribution in [1.82, 2.24) is 15.5 Å². The molecule has 2 heterocycles. The Morgan fingerprint density at radius 1 is 1.42 bits per heavy atom. The summed E-state index contributed by atoms with van der Waals surface area (Å²) in [5.74, 6) is 2.28. The molecule has 0 amide bonds. The fourth-order valence-corrected chi connectivity index (χ4v) is 2.77. The van der Waals surface area contributed by atoms with E-state index >= 15 is 0 Å². The summed E-state index contributed by atoms with van der Waals surface area (Å²) in [6.07, 6.45) is -3.48. The first kappa shape index (κ1) is 21.1. The van der Waals surface area contributed by atoms with Crippen LogP contribution in [0.2, 0.25) is 0 Å². The number of aliphatic imine (C=N–C) groups is 1. The van der Waals surface area contributed by atoms with Gasteiger partial charge in [0.05, 0.1) is 6.54 Å². The van der Waals surface area contributed by atoms with Gasteiger partial charge >= 0.3 is 6.18 Å². The Morgan fingerprint density at radius 3 is 2.67 bits per heavy atom. The molecule has 9 heteroatoms. The predicted molar refractivity (Wildman–Crippen MR) is 97.8 cm³/mol. The summed E-state index contributed by atoms with van der Waals surface area (Å²) in [5, 5.41) is 6.35. The number of nitrogens with one attached hydrogen (secondary N) is 2. The van der Waals surface area contributed by atoms with Crippen LogP contribution in [0.1, 0.15) is 23.5 Å². The molecule has 0 aromatic carbocycles. The molecule has 0 radical (unpaired) electrons. The van der Waals surface area contributed by atoms with Crippen molar-refractivity contribution in [3.63, 3.8) is 0 Å². The summed E-state index contributed by atoms with van der Waals surface area (Å²) in [7, 11) is 1.64. The zero-order chi connectivity index (χ0) is 17.0. The summed E-state index contributed by atoms with van der Waals surface area (Å²) in [6.45, 7) is 4.29. The van der Waals surface area contributed by atoms with E-state index in [-0.39, 0.29) is 30.0 Å². The number of hydrogen-bond donors (Lipinski definition) is 2. The van der Waals surface area contributed by atoms with Crippen molar-refractivity contribution in [2.75, 3.05) is 26.7 Å². The monoisotopic (exact) mass is 460 g/mol. The third-order valence-corrected chi connectivity index (χ3v) is 3.83. The molecule has 1 atom stereocenters. The highest BCUT2D eigenvalue weighted by Gasteiger charge is 2.34. The van der Waals surface area contributed by atoms with Crippen LogP contribution in [0.25, 0.3) is 0 Å². The molecule has 1 aliphatic rings. The number of guanidine groups is 1. The van der Waals surface area contributed by atoms with Gasteiger partial charge in [0, 0.05) is 38.3 Å². The van der Waals surface area contributed by atoms with Crippen LogP contribution in [-0.2, 0) is 6.54 Å². The number of alkyl halides is 3. The van der Waals surface area contributed by atoms with E-state index in [4.69, 9.17) is 4.42 Å². The average Bonchev–Trinajstić information content (AvgIpc) is 2.99. The van der Waals surface area contributed by atoms with Gasteiger partial charge < -0.3 is 15.1 Å². The van der Waals surface area contributed by atoms with Gasteiger partial charge in [-0.2, -0.15) is 13.2 Å². The van der Waals surface area contributed by atoms with Gasteiger partial charge in [-0.15, -0.1) is 24.0 Å². The maximum atomic E-state index is 12.4. The molecule has 1 aliphatic heterocycles. The van der Waals surface area contributed by atoms with Crippen LogP contribution in [0.3, 0.4) is 0 Å². The van der Waals surface area contributed by atoms with Crippen LogP contribution in [0.4, 0.5) is 13.2 Å².